The van der Waals surface area contributed by atoms with Crippen LogP contribution >= 0.6 is 0 Å². The molecule has 0 atom stereocenters. The van der Waals surface area contributed by atoms with Crippen LogP contribution in [0.2, 0.25) is 0 Å². The topological polar surface area (TPSA) is 52.2 Å². The highest BCUT2D eigenvalue weighted by molar-refractivity contribution is 5.92. The lowest BCUT2D eigenvalue weighted by molar-refractivity contribution is 0.0734. The van der Waals surface area contributed by atoms with Gasteiger partial charge in [0.05, 0.1) is 0 Å². The Bertz CT molecular complexity index is 737. The van der Waals surface area contributed by atoms with Crippen LogP contribution in [0, 0.1) is 18.7 Å². The molecule has 0 aliphatic carbocycles. The molecule has 1 aliphatic heterocycles. The molecule has 1 amide bonds. The quantitative estimate of drug-likeness (QED) is 0.864. The monoisotopic (exact) mass is 358 g/mol. The number of likely N-dealkylation sites (tertiary alicyclic amines) is 1. The maximum atomic E-state index is 13.2. The fraction of sp³-hybridized carbons (Fsp3) is 0.500. The summed E-state index contributed by atoms with van der Waals surface area (Å²) in [6, 6.07) is 8.63. The fourth-order valence-electron chi connectivity index (χ4n) is 3.57. The lowest BCUT2D eigenvalue weighted by atomic mass is 9.96. The average molecular weight is 358 g/mol. The molecule has 2 aromatic rings. The fourth-order valence-corrected chi connectivity index (χ4v) is 3.57. The highest BCUT2D eigenvalue weighted by Gasteiger charge is 2.23. The number of aromatic amines is 1. The Balaban J connectivity index is 1.41. The van der Waals surface area contributed by atoms with E-state index in [1.54, 1.807) is 23.1 Å². The molecule has 0 bridgehead atoms. The first-order valence-electron chi connectivity index (χ1n) is 9.25. The minimum Gasteiger partial charge on any atom is -0.340 e. The van der Waals surface area contributed by atoms with Crippen LogP contribution in [0.15, 0.2) is 30.3 Å². The van der Waals surface area contributed by atoms with E-state index in [1.165, 1.54) is 6.07 Å². The van der Waals surface area contributed by atoms with E-state index in [0.717, 1.165) is 56.7 Å². The molecule has 1 N–H and O–H groups in total. The first-order valence-corrected chi connectivity index (χ1v) is 9.25. The molecule has 0 unspecified atom stereocenters. The Labute approximate surface area is 154 Å². The van der Waals surface area contributed by atoms with Crippen LogP contribution in [0.3, 0.4) is 0 Å². The largest absolute Gasteiger partial charge is 0.340 e. The third kappa shape index (κ3) is 4.91. The number of hydrogen-bond donors (Lipinski definition) is 1. The van der Waals surface area contributed by atoms with E-state index < -0.39 is 0 Å². The molecule has 5 nitrogen and oxygen atoms in total. The van der Waals surface area contributed by atoms with Crippen molar-refractivity contribution in [2.75, 3.05) is 33.2 Å². The summed E-state index contributed by atoms with van der Waals surface area (Å²) in [4.78, 5) is 16.6. The standard InChI is InChI=1S/C20H27FN4O/c1-15-12-19(23-22-15)20(26)24(2)14-17-7-10-25(11-8-17)9-6-16-4-3-5-18(21)13-16/h3-5,12-13,17H,6-11,14H2,1-2H3,(H,22,23). The van der Waals surface area contributed by atoms with Gasteiger partial charge in [-0.2, -0.15) is 5.10 Å². The third-order valence-electron chi connectivity index (χ3n) is 5.12. The number of hydrogen-bond acceptors (Lipinski definition) is 3. The van der Waals surface area contributed by atoms with Crippen molar-refractivity contribution in [3.63, 3.8) is 0 Å². The molecule has 0 radical (unpaired) electrons. The van der Waals surface area contributed by atoms with Gasteiger partial charge in [-0.1, -0.05) is 12.1 Å². The summed E-state index contributed by atoms with van der Waals surface area (Å²) in [5, 5.41) is 6.87. The normalized spacial score (nSPS) is 16.0. The second kappa shape index (κ2) is 8.45. The number of aryl methyl sites for hydroxylation is 1. The van der Waals surface area contributed by atoms with E-state index in [4.69, 9.17) is 0 Å². The number of aromatic nitrogens is 2. The zero-order valence-corrected chi connectivity index (χ0v) is 15.5. The van der Waals surface area contributed by atoms with Crippen molar-refractivity contribution in [3.8, 4) is 0 Å². The van der Waals surface area contributed by atoms with Crippen LogP contribution in [-0.2, 0) is 6.42 Å². The number of carbonyl (C=O) groups is 1. The molecule has 1 aliphatic rings. The molecule has 140 valence electrons. The summed E-state index contributed by atoms with van der Waals surface area (Å²) in [7, 11) is 1.85. The average Bonchev–Trinajstić information content (AvgIpc) is 3.07. The van der Waals surface area contributed by atoms with Crippen molar-refractivity contribution in [2.45, 2.75) is 26.2 Å². The van der Waals surface area contributed by atoms with Crippen LogP contribution < -0.4 is 0 Å². The third-order valence-corrected chi connectivity index (χ3v) is 5.12. The van der Waals surface area contributed by atoms with Gasteiger partial charge >= 0.3 is 0 Å². The van der Waals surface area contributed by atoms with Gasteiger partial charge in [0.1, 0.15) is 11.5 Å². The summed E-state index contributed by atoms with van der Waals surface area (Å²) in [5.41, 5.74) is 2.43. The van der Waals surface area contributed by atoms with Gasteiger partial charge in [0.25, 0.3) is 5.91 Å². The van der Waals surface area contributed by atoms with E-state index in [9.17, 15) is 9.18 Å². The molecule has 6 heteroatoms. The lowest BCUT2D eigenvalue weighted by Crippen LogP contribution is -2.40. The van der Waals surface area contributed by atoms with Crippen molar-refractivity contribution >= 4 is 5.91 Å². The van der Waals surface area contributed by atoms with Crippen molar-refractivity contribution in [2.24, 2.45) is 5.92 Å². The van der Waals surface area contributed by atoms with E-state index in [-0.39, 0.29) is 11.7 Å². The number of halogens is 1. The molecule has 1 saturated heterocycles. The van der Waals surface area contributed by atoms with Gasteiger partial charge in [-0.3, -0.25) is 9.89 Å². The van der Waals surface area contributed by atoms with Gasteiger partial charge in [0.2, 0.25) is 0 Å². The van der Waals surface area contributed by atoms with Gasteiger partial charge in [0.15, 0.2) is 0 Å². The van der Waals surface area contributed by atoms with Crippen LogP contribution in [0.4, 0.5) is 4.39 Å². The summed E-state index contributed by atoms with van der Waals surface area (Å²) >= 11 is 0. The number of nitrogens with one attached hydrogen (secondary N) is 1. The number of piperidine rings is 1. The summed E-state index contributed by atoms with van der Waals surface area (Å²) < 4.78 is 13.2. The van der Waals surface area contributed by atoms with Crippen LogP contribution in [0.25, 0.3) is 0 Å². The maximum Gasteiger partial charge on any atom is 0.274 e. The van der Waals surface area contributed by atoms with Crippen molar-refractivity contribution in [1.29, 1.82) is 0 Å². The predicted molar refractivity (Wildman–Crippen MR) is 99.6 cm³/mol. The second-order valence-electron chi connectivity index (χ2n) is 7.29. The minimum atomic E-state index is -0.166. The van der Waals surface area contributed by atoms with Gasteiger partial charge < -0.3 is 9.80 Å². The second-order valence-corrected chi connectivity index (χ2v) is 7.29. The number of H-pyrrole nitrogens is 1. The van der Waals surface area contributed by atoms with Crippen LogP contribution in [-0.4, -0.2) is 59.1 Å². The Morgan fingerprint density at radius 1 is 1.35 bits per heavy atom. The molecule has 0 spiro atoms. The van der Waals surface area contributed by atoms with E-state index >= 15 is 0 Å². The number of rotatable bonds is 6. The van der Waals surface area contributed by atoms with Gasteiger partial charge in [-0.05, 0) is 69.0 Å². The molecule has 3 rings (SSSR count). The molecule has 2 heterocycles. The molecule has 1 fully saturated rings. The summed E-state index contributed by atoms with van der Waals surface area (Å²) in [6.07, 6.45) is 3.04. The number of benzene rings is 1. The molecule has 26 heavy (non-hydrogen) atoms. The van der Waals surface area contributed by atoms with Crippen molar-refractivity contribution < 1.29 is 9.18 Å². The highest BCUT2D eigenvalue weighted by Crippen LogP contribution is 2.19. The molecule has 0 saturated carbocycles. The summed E-state index contributed by atoms with van der Waals surface area (Å²) in [6.45, 7) is 5.68. The lowest BCUT2D eigenvalue weighted by Gasteiger charge is -2.33. The highest BCUT2D eigenvalue weighted by atomic mass is 19.1. The van der Waals surface area contributed by atoms with E-state index in [2.05, 4.69) is 15.1 Å². The zero-order chi connectivity index (χ0) is 18.5. The van der Waals surface area contributed by atoms with Gasteiger partial charge in [-0.15, -0.1) is 0 Å². The van der Waals surface area contributed by atoms with Crippen LogP contribution in [0.5, 0.6) is 0 Å². The SMILES string of the molecule is Cc1cc(C(=O)N(C)CC2CCN(CCc3cccc(F)c3)CC2)n[nH]1. The zero-order valence-electron chi connectivity index (χ0n) is 15.5. The van der Waals surface area contributed by atoms with Gasteiger partial charge in [0, 0.05) is 25.8 Å². The van der Waals surface area contributed by atoms with E-state index in [0.29, 0.717) is 11.6 Å². The predicted octanol–water partition coefficient (Wildman–Crippen LogP) is 2.88. The minimum absolute atomic E-state index is 0.0251. The Morgan fingerprint density at radius 2 is 2.12 bits per heavy atom. The van der Waals surface area contributed by atoms with Gasteiger partial charge in [-0.25, -0.2) is 4.39 Å². The number of amides is 1. The van der Waals surface area contributed by atoms with Crippen LogP contribution in [0.1, 0.15) is 34.6 Å². The van der Waals surface area contributed by atoms with Crippen molar-refractivity contribution in [3.05, 3.63) is 53.1 Å². The number of nitrogens with zero attached hydrogens (tertiary/aromatic N) is 3. The first kappa shape index (κ1) is 18.6. The van der Waals surface area contributed by atoms with Crippen molar-refractivity contribution in [1.82, 2.24) is 20.0 Å². The first-order chi connectivity index (χ1) is 12.5. The maximum absolute atomic E-state index is 13.2. The number of carbonyl (C=O) groups excluding carboxylic acids is 1. The molecular weight excluding hydrogens is 331 g/mol. The summed E-state index contributed by atoms with van der Waals surface area (Å²) in [5.74, 6) is 0.332. The Morgan fingerprint density at radius 3 is 2.77 bits per heavy atom. The molecule has 1 aromatic carbocycles. The Hall–Kier alpha value is -2.21. The molecular formula is C20H27FN4O. The smallest absolute Gasteiger partial charge is 0.274 e. The Kier molecular flexibility index (Phi) is 6.04. The molecule has 1 aromatic heterocycles. The van der Waals surface area contributed by atoms with E-state index in [1.807, 2.05) is 20.0 Å².